The first-order valence-corrected chi connectivity index (χ1v) is 5.58. The summed E-state index contributed by atoms with van der Waals surface area (Å²) in [6.07, 6.45) is 1.39. The molecule has 3 nitrogen and oxygen atoms in total. The molecule has 3 unspecified atom stereocenters. The molecular formula is C11H22N2O. The largest absolute Gasteiger partial charge is 0.342 e. The highest BCUT2D eigenvalue weighted by molar-refractivity contribution is 5.77. The molecular weight excluding hydrogens is 176 g/mol. The van der Waals surface area contributed by atoms with Crippen LogP contribution in [0, 0.1) is 11.8 Å². The maximum atomic E-state index is 11.8. The molecule has 2 N–H and O–H groups in total. The number of carbonyl (C=O) groups excluding carboxylic acids is 1. The minimum absolute atomic E-state index is 0.0358. The van der Waals surface area contributed by atoms with E-state index >= 15 is 0 Å². The van der Waals surface area contributed by atoms with Gasteiger partial charge in [-0.05, 0) is 18.3 Å². The van der Waals surface area contributed by atoms with Crippen molar-refractivity contribution in [1.29, 1.82) is 0 Å². The first-order chi connectivity index (χ1) is 6.54. The Morgan fingerprint density at radius 1 is 1.43 bits per heavy atom. The zero-order valence-electron chi connectivity index (χ0n) is 9.49. The third-order valence-electron chi connectivity index (χ3n) is 3.30. The molecule has 3 heteroatoms. The van der Waals surface area contributed by atoms with Crippen LogP contribution in [0.5, 0.6) is 0 Å². The van der Waals surface area contributed by atoms with Gasteiger partial charge in [0.05, 0.1) is 0 Å². The molecule has 14 heavy (non-hydrogen) atoms. The van der Waals surface area contributed by atoms with Crippen LogP contribution in [-0.4, -0.2) is 29.9 Å². The van der Waals surface area contributed by atoms with Crippen LogP contribution >= 0.6 is 0 Å². The summed E-state index contributed by atoms with van der Waals surface area (Å²) in [4.78, 5) is 13.7. The first-order valence-electron chi connectivity index (χ1n) is 5.58. The second kappa shape index (κ2) is 4.78. The number of rotatable bonds is 3. The Hall–Kier alpha value is -0.570. The number of nitrogens with zero attached hydrogens (tertiary/aromatic N) is 1. The van der Waals surface area contributed by atoms with Gasteiger partial charge in [0.1, 0.15) is 0 Å². The minimum Gasteiger partial charge on any atom is -0.342 e. The van der Waals surface area contributed by atoms with E-state index in [1.54, 1.807) is 0 Å². The average Bonchev–Trinajstić information content (AvgIpc) is 2.47. The van der Waals surface area contributed by atoms with E-state index in [2.05, 4.69) is 13.8 Å². The molecule has 1 rings (SSSR count). The van der Waals surface area contributed by atoms with Gasteiger partial charge in [-0.2, -0.15) is 0 Å². The van der Waals surface area contributed by atoms with Gasteiger partial charge in [0.15, 0.2) is 0 Å². The highest BCUT2D eigenvalue weighted by Crippen LogP contribution is 2.22. The third kappa shape index (κ3) is 2.71. The number of amides is 1. The van der Waals surface area contributed by atoms with Gasteiger partial charge in [0, 0.05) is 25.6 Å². The summed E-state index contributed by atoms with van der Waals surface area (Å²) in [5.41, 5.74) is 5.76. The maximum Gasteiger partial charge on any atom is 0.224 e. The zero-order chi connectivity index (χ0) is 10.7. The van der Waals surface area contributed by atoms with E-state index in [4.69, 9.17) is 5.73 Å². The molecule has 0 aliphatic carbocycles. The van der Waals surface area contributed by atoms with Crippen molar-refractivity contribution < 1.29 is 4.79 Å². The van der Waals surface area contributed by atoms with E-state index in [0.29, 0.717) is 18.3 Å². The second-order valence-electron chi connectivity index (χ2n) is 4.63. The summed E-state index contributed by atoms with van der Waals surface area (Å²) >= 11 is 0. The fourth-order valence-corrected chi connectivity index (χ4v) is 1.83. The fourth-order valence-electron chi connectivity index (χ4n) is 1.83. The Balaban J connectivity index is 2.39. The lowest BCUT2D eigenvalue weighted by Gasteiger charge is -2.18. The van der Waals surface area contributed by atoms with Crippen molar-refractivity contribution in [2.75, 3.05) is 13.1 Å². The van der Waals surface area contributed by atoms with Crippen molar-refractivity contribution >= 4 is 5.91 Å². The molecule has 0 aromatic carbocycles. The Kier molecular flexibility index (Phi) is 3.93. The summed E-state index contributed by atoms with van der Waals surface area (Å²) in [7, 11) is 0. The molecule has 1 fully saturated rings. The number of nitrogens with two attached hydrogens (primary N) is 1. The molecule has 0 aromatic heterocycles. The standard InChI is InChI=1S/C11H22N2O/c1-4-10(12)5-11(14)13-6-8(2)9(3)7-13/h8-10H,4-7,12H2,1-3H3. The van der Waals surface area contributed by atoms with E-state index in [0.717, 1.165) is 19.5 Å². The number of hydrogen-bond acceptors (Lipinski definition) is 2. The molecule has 0 radical (unpaired) electrons. The summed E-state index contributed by atoms with van der Waals surface area (Å²) in [5, 5.41) is 0. The number of likely N-dealkylation sites (tertiary alicyclic amines) is 1. The summed E-state index contributed by atoms with van der Waals surface area (Å²) in [6, 6.07) is 0.0358. The van der Waals surface area contributed by atoms with E-state index in [1.165, 1.54) is 0 Å². The van der Waals surface area contributed by atoms with Gasteiger partial charge in [0.25, 0.3) is 0 Å². The van der Waals surface area contributed by atoms with Crippen LogP contribution in [0.25, 0.3) is 0 Å². The zero-order valence-corrected chi connectivity index (χ0v) is 9.49. The van der Waals surface area contributed by atoms with Crippen molar-refractivity contribution in [2.24, 2.45) is 17.6 Å². The van der Waals surface area contributed by atoms with Crippen LogP contribution in [0.15, 0.2) is 0 Å². The molecule has 1 aliphatic heterocycles. The topological polar surface area (TPSA) is 46.3 Å². The molecule has 1 aliphatic rings. The average molecular weight is 198 g/mol. The van der Waals surface area contributed by atoms with Gasteiger partial charge in [-0.1, -0.05) is 20.8 Å². The molecule has 0 aromatic rings. The Morgan fingerprint density at radius 2 is 1.93 bits per heavy atom. The smallest absolute Gasteiger partial charge is 0.224 e. The lowest BCUT2D eigenvalue weighted by atomic mass is 10.0. The van der Waals surface area contributed by atoms with Crippen molar-refractivity contribution in [3.05, 3.63) is 0 Å². The van der Waals surface area contributed by atoms with Gasteiger partial charge in [-0.25, -0.2) is 0 Å². The molecule has 0 saturated carbocycles. The summed E-state index contributed by atoms with van der Waals surface area (Å²) in [6.45, 7) is 8.26. The van der Waals surface area contributed by atoms with E-state index in [-0.39, 0.29) is 11.9 Å². The molecule has 1 amide bonds. The molecule has 3 atom stereocenters. The highest BCUT2D eigenvalue weighted by atomic mass is 16.2. The Morgan fingerprint density at radius 3 is 2.36 bits per heavy atom. The predicted molar refractivity (Wildman–Crippen MR) is 57.8 cm³/mol. The summed E-state index contributed by atoms with van der Waals surface area (Å²) in [5.74, 6) is 1.50. The maximum absolute atomic E-state index is 11.8. The molecule has 1 heterocycles. The Bertz CT molecular complexity index is 195. The molecule has 0 spiro atoms. The fraction of sp³-hybridized carbons (Fsp3) is 0.909. The lowest BCUT2D eigenvalue weighted by molar-refractivity contribution is -0.130. The van der Waals surface area contributed by atoms with Crippen LogP contribution < -0.4 is 5.73 Å². The van der Waals surface area contributed by atoms with Gasteiger partial charge < -0.3 is 10.6 Å². The second-order valence-corrected chi connectivity index (χ2v) is 4.63. The van der Waals surface area contributed by atoms with Crippen LogP contribution in [0.2, 0.25) is 0 Å². The van der Waals surface area contributed by atoms with Crippen LogP contribution in [0.4, 0.5) is 0 Å². The van der Waals surface area contributed by atoms with Crippen LogP contribution in [0.1, 0.15) is 33.6 Å². The van der Waals surface area contributed by atoms with Crippen LogP contribution in [0.3, 0.4) is 0 Å². The van der Waals surface area contributed by atoms with Crippen molar-refractivity contribution in [3.63, 3.8) is 0 Å². The van der Waals surface area contributed by atoms with Gasteiger partial charge >= 0.3 is 0 Å². The van der Waals surface area contributed by atoms with Gasteiger partial charge in [0.2, 0.25) is 5.91 Å². The summed E-state index contributed by atoms with van der Waals surface area (Å²) < 4.78 is 0. The Labute approximate surface area is 86.6 Å². The number of carbonyl (C=O) groups is 1. The predicted octanol–water partition coefficient (Wildman–Crippen LogP) is 1.23. The van der Waals surface area contributed by atoms with Crippen molar-refractivity contribution in [2.45, 2.75) is 39.7 Å². The number of hydrogen-bond donors (Lipinski definition) is 1. The normalized spacial score (nSPS) is 29.3. The van der Waals surface area contributed by atoms with Gasteiger partial charge in [-0.3, -0.25) is 4.79 Å². The monoisotopic (exact) mass is 198 g/mol. The highest BCUT2D eigenvalue weighted by Gasteiger charge is 2.29. The van der Waals surface area contributed by atoms with Crippen molar-refractivity contribution in [1.82, 2.24) is 4.90 Å². The lowest BCUT2D eigenvalue weighted by Crippen LogP contribution is -2.34. The quantitative estimate of drug-likeness (QED) is 0.741. The third-order valence-corrected chi connectivity index (χ3v) is 3.30. The molecule has 82 valence electrons. The van der Waals surface area contributed by atoms with Crippen molar-refractivity contribution in [3.8, 4) is 0 Å². The van der Waals surface area contributed by atoms with E-state index < -0.39 is 0 Å². The first kappa shape index (κ1) is 11.5. The SMILES string of the molecule is CCC(N)CC(=O)N1CC(C)C(C)C1. The van der Waals surface area contributed by atoms with E-state index in [1.807, 2.05) is 11.8 Å². The minimum atomic E-state index is 0.0358. The molecule has 1 saturated heterocycles. The van der Waals surface area contributed by atoms with Gasteiger partial charge in [-0.15, -0.1) is 0 Å². The van der Waals surface area contributed by atoms with Crippen LogP contribution in [-0.2, 0) is 4.79 Å². The molecule has 0 bridgehead atoms. The van der Waals surface area contributed by atoms with E-state index in [9.17, 15) is 4.79 Å².